The third kappa shape index (κ3) is 2.40. The molecule has 18 heavy (non-hydrogen) atoms. The Morgan fingerprint density at radius 3 is 3.17 bits per heavy atom. The zero-order chi connectivity index (χ0) is 13.2. The molecule has 2 N–H and O–H groups in total. The van der Waals surface area contributed by atoms with Crippen LogP contribution in [-0.2, 0) is 16.9 Å². The van der Waals surface area contributed by atoms with Crippen LogP contribution in [0.4, 0.5) is 0 Å². The Labute approximate surface area is 112 Å². The monoisotopic (exact) mass is 273 g/mol. The van der Waals surface area contributed by atoms with Gasteiger partial charge in [0.2, 0.25) is 0 Å². The second-order valence-electron chi connectivity index (χ2n) is 4.84. The molecule has 0 bridgehead atoms. The van der Waals surface area contributed by atoms with Gasteiger partial charge in [0, 0.05) is 19.6 Å². The molecule has 2 unspecified atom stereocenters. The molecule has 0 radical (unpaired) electrons. The van der Waals surface area contributed by atoms with Crippen molar-refractivity contribution < 1.29 is 9.84 Å². The van der Waals surface area contributed by atoms with Crippen LogP contribution in [0.1, 0.15) is 19.0 Å². The Bertz CT molecular complexity index is 410. The normalized spacial score (nSPS) is 28.6. The molecule has 1 aromatic rings. The summed E-state index contributed by atoms with van der Waals surface area (Å²) in [4.78, 5) is 0. The molecule has 2 heterocycles. The predicted molar refractivity (Wildman–Crippen MR) is 69.7 cm³/mol. The molecule has 0 spiro atoms. The molecule has 2 rings (SSSR count). The van der Waals surface area contributed by atoms with Gasteiger partial charge in [0.1, 0.15) is 5.60 Å². The van der Waals surface area contributed by atoms with Crippen LogP contribution in [0.25, 0.3) is 0 Å². The molecule has 0 aromatic carbocycles. The first-order valence-electron chi connectivity index (χ1n) is 6.23. The van der Waals surface area contributed by atoms with Crippen LogP contribution in [0, 0.1) is 5.92 Å². The smallest absolute Gasteiger partial charge is 0.113 e. The minimum Gasteiger partial charge on any atom is -0.383 e. The summed E-state index contributed by atoms with van der Waals surface area (Å²) >= 11 is 6.21. The SMILES string of the molecule is COCCn1ncc(Cl)c1C1(O)CCNCC1C. The summed E-state index contributed by atoms with van der Waals surface area (Å²) in [6, 6.07) is 0. The van der Waals surface area contributed by atoms with Crippen molar-refractivity contribution in [3.8, 4) is 0 Å². The second-order valence-corrected chi connectivity index (χ2v) is 5.24. The molecule has 1 aliphatic rings. The third-order valence-corrected chi connectivity index (χ3v) is 3.94. The highest BCUT2D eigenvalue weighted by Gasteiger charge is 2.41. The first-order chi connectivity index (χ1) is 8.59. The van der Waals surface area contributed by atoms with E-state index in [-0.39, 0.29) is 5.92 Å². The zero-order valence-electron chi connectivity index (χ0n) is 10.8. The maximum atomic E-state index is 10.9. The Kier molecular flexibility index (Phi) is 4.27. The summed E-state index contributed by atoms with van der Waals surface area (Å²) in [5.41, 5.74) is -0.192. The Morgan fingerprint density at radius 2 is 2.50 bits per heavy atom. The maximum absolute atomic E-state index is 10.9. The van der Waals surface area contributed by atoms with E-state index in [4.69, 9.17) is 16.3 Å². The highest BCUT2D eigenvalue weighted by molar-refractivity contribution is 6.31. The molecule has 1 fully saturated rings. The number of aromatic nitrogens is 2. The van der Waals surface area contributed by atoms with E-state index in [2.05, 4.69) is 10.4 Å². The fourth-order valence-corrected chi connectivity index (χ4v) is 2.81. The fraction of sp³-hybridized carbons (Fsp3) is 0.750. The van der Waals surface area contributed by atoms with Crippen molar-refractivity contribution in [2.75, 3.05) is 26.8 Å². The number of piperidine rings is 1. The van der Waals surface area contributed by atoms with E-state index >= 15 is 0 Å². The number of nitrogens with one attached hydrogen (secondary N) is 1. The average molecular weight is 274 g/mol. The number of aliphatic hydroxyl groups is 1. The van der Waals surface area contributed by atoms with Gasteiger partial charge in [0.25, 0.3) is 0 Å². The standard InChI is InChI=1S/C12H20ClN3O2/c1-9-7-14-4-3-12(9,17)11-10(13)8-15-16(11)5-6-18-2/h8-9,14,17H,3-7H2,1-2H3. The van der Waals surface area contributed by atoms with E-state index in [1.54, 1.807) is 18.0 Å². The minimum atomic E-state index is -0.910. The van der Waals surface area contributed by atoms with E-state index in [0.29, 0.717) is 24.6 Å². The van der Waals surface area contributed by atoms with E-state index in [0.717, 1.165) is 18.8 Å². The summed E-state index contributed by atoms with van der Waals surface area (Å²) in [5.74, 6) is 0.0988. The molecule has 6 heteroatoms. The molecule has 102 valence electrons. The van der Waals surface area contributed by atoms with Gasteiger partial charge in [0.15, 0.2) is 0 Å². The zero-order valence-corrected chi connectivity index (χ0v) is 11.6. The lowest BCUT2D eigenvalue weighted by Crippen LogP contribution is -2.48. The highest BCUT2D eigenvalue weighted by atomic mass is 35.5. The highest BCUT2D eigenvalue weighted by Crippen LogP contribution is 2.38. The van der Waals surface area contributed by atoms with Crippen LogP contribution in [-0.4, -0.2) is 41.7 Å². The lowest BCUT2D eigenvalue weighted by Gasteiger charge is -2.39. The van der Waals surface area contributed by atoms with Crippen LogP contribution in [0.15, 0.2) is 6.20 Å². The summed E-state index contributed by atoms with van der Waals surface area (Å²) in [5, 5.41) is 19.0. The number of rotatable bonds is 4. The number of hydrogen-bond donors (Lipinski definition) is 2. The summed E-state index contributed by atoms with van der Waals surface area (Å²) in [6.45, 7) is 4.74. The quantitative estimate of drug-likeness (QED) is 0.859. The van der Waals surface area contributed by atoms with Crippen LogP contribution in [0.2, 0.25) is 5.02 Å². The van der Waals surface area contributed by atoms with Crippen molar-refractivity contribution in [2.24, 2.45) is 5.92 Å². The van der Waals surface area contributed by atoms with Gasteiger partial charge >= 0.3 is 0 Å². The predicted octanol–water partition coefficient (Wildman–Crippen LogP) is 1.000. The molecule has 5 nitrogen and oxygen atoms in total. The van der Waals surface area contributed by atoms with Gasteiger partial charge in [-0.15, -0.1) is 0 Å². The van der Waals surface area contributed by atoms with Crippen molar-refractivity contribution in [3.63, 3.8) is 0 Å². The topological polar surface area (TPSA) is 59.3 Å². The number of nitrogens with zero attached hydrogens (tertiary/aromatic N) is 2. The Hall–Kier alpha value is -0.620. The van der Waals surface area contributed by atoms with Crippen molar-refractivity contribution in [1.29, 1.82) is 0 Å². The molecular weight excluding hydrogens is 254 g/mol. The van der Waals surface area contributed by atoms with E-state index in [1.165, 1.54) is 0 Å². The van der Waals surface area contributed by atoms with Crippen molar-refractivity contribution in [2.45, 2.75) is 25.5 Å². The average Bonchev–Trinajstić information content (AvgIpc) is 2.72. The minimum absolute atomic E-state index is 0.0988. The fourth-order valence-electron chi connectivity index (χ4n) is 2.50. The number of hydrogen-bond acceptors (Lipinski definition) is 4. The Balaban J connectivity index is 2.32. The maximum Gasteiger partial charge on any atom is 0.113 e. The first-order valence-corrected chi connectivity index (χ1v) is 6.61. The van der Waals surface area contributed by atoms with Gasteiger partial charge in [-0.1, -0.05) is 18.5 Å². The molecule has 1 aliphatic heterocycles. The van der Waals surface area contributed by atoms with Gasteiger partial charge in [-0.2, -0.15) is 5.10 Å². The van der Waals surface area contributed by atoms with Crippen LogP contribution in [0.3, 0.4) is 0 Å². The van der Waals surface area contributed by atoms with Crippen LogP contribution in [0.5, 0.6) is 0 Å². The summed E-state index contributed by atoms with van der Waals surface area (Å²) in [6.07, 6.45) is 2.24. The molecule has 0 amide bonds. The number of halogens is 1. The molecule has 1 aromatic heterocycles. The molecular formula is C12H20ClN3O2. The first kappa shape index (κ1) is 13.8. The lowest BCUT2D eigenvalue weighted by atomic mass is 9.80. The summed E-state index contributed by atoms with van der Waals surface area (Å²) in [7, 11) is 1.65. The number of ether oxygens (including phenoxy) is 1. The third-order valence-electron chi connectivity index (χ3n) is 3.66. The lowest BCUT2D eigenvalue weighted by molar-refractivity contribution is -0.0470. The van der Waals surface area contributed by atoms with Crippen molar-refractivity contribution >= 4 is 11.6 Å². The molecule has 0 aliphatic carbocycles. The van der Waals surface area contributed by atoms with Crippen LogP contribution >= 0.6 is 11.6 Å². The van der Waals surface area contributed by atoms with Crippen molar-refractivity contribution in [1.82, 2.24) is 15.1 Å². The largest absolute Gasteiger partial charge is 0.383 e. The Morgan fingerprint density at radius 1 is 1.72 bits per heavy atom. The van der Waals surface area contributed by atoms with E-state index in [9.17, 15) is 5.11 Å². The van der Waals surface area contributed by atoms with E-state index in [1.807, 2.05) is 6.92 Å². The molecule has 1 saturated heterocycles. The van der Waals surface area contributed by atoms with Gasteiger partial charge in [-0.3, -0.25) is 4.68 Å². The van der Waals surface area contributed by atoms with Gasteiger partial charge in [-0.05, 0) is 13.0 Å². The van der Waals surface area contributed by atoms with Crippen LogP contribution < -0.4 is 5.32 Å². The van der Waals surface area contributed by atoms with Gasteiger partial charge < -0.3 is 15.2 Å². The van der Waals surface area contributed by atoms with Crippen molar-refractivity contribution in [3.05, 3.63) is 16.9 Å². The van der Waals surface area contributed by atoms with Gasteiger partial charge in [0.05, 0.1) is 30.1 Å². The van der Waals surface area contributed by atoms with E-state index < -0.39 is 5.60 Å². The van der Waals surface area contributed by atoms with Gasteiger partial charge in [-0.25, -0.2) is 0 Å². The molecule has 0 saturated carbocycles. The number of methoxy groups -OCH3 is 1. The second kappa shape index (κ2) is 5.57. The summed E-state index contributed by atoms with van der Waals surface area (Å²) < 4.78 is 6.82. The molecule has 2 atom stereocenters.